The van der Waals surface area contributed by atoms with Crippen molar-refractivity contribution in [1.29, 1.82) is 5.41 Å². The first-order valence-electron chi connectivity index (χ1n) is 18.1. The van der Waals surface area contributed by atoms with E-state index in [1.54, 1.807) is 30.3 Å². The van der Waals surface area contributed by atoms with Gasteiger partial charge in [0.25, 0.3) is 0 Å². The fourth-order valence-electron chi connectivity index (χ4n) is 6.42. The summed E-state index contributed by atoms with van der Waals surface area (Å²) in [5.74, 6) is -2.03. The van der Waals surface area contributed by atoms with E-state index in [0.29, 0.717) is 29.6 Å². The summed E-state index contributed by atoms with van der Waals surface area (Å²) in [5, 5.41) is 19.4. The Bertz CT molecular complexity index is 3510. The molecule has 0 aromatic heterocycles. The standard InChI is InChI=1S/C39H30N8O15S4.4Na/c40-28-11-6-20-15-26(63(51,52)53)19-31(48)35(20)36(28)46-44-29-12-8-24(17-32(29)64(54,55)56)42-39(50)43-25-9-13-30(33(18-25)65(57,58)59)45-47-37-34(66(60,61)62)16-21-14-23(7-10-27(21)38(37)49)41-22-4-2-1-3-5-22;;;;/h1-19,40-41,44-46H,(H2,42,43,50)(H,51,52,53)(H,54,55,56)(H,57,58,59)(H,60,61,62);;;;/q;4*+1/p-4/b40-28?,47-37-;;;;. The van der Waals surface area contributed by atoms with Gasteiger partial charge in [-0.1, -0.05) is 24.3 Å². The van der Waals surface area contributed by atoms with Gasteiger partial charge in [-0.15, -0.1) is 0 Å². The number of amides is 2. The maximum Gasteiger partial charge on any atom is 1.00 e. The smallest absolute Gasteiger partial charge is 0.744 e. The number of hydrazone groups is 1. The van der Waals surface area contributed by atoms with Crippen molar-refractivity contribution in [1.82, 2.24) is 5.43 Å². The number of Topliss-reactive ketones (excluding diaryl/α,β-unsaturated/α-hetero) is 1. The molecule has 31 heteroatoms. The Kier molecular flexibility index (Phi) is 20.7. The van der Waals surface area contributed by atoms with Crippen LogP contribution in [0.2, 0.25) is 0 Å². The van der Waals surface area contributed by atoms with E-state index in [9.17, 15) is 66.3 Å². The number of nitrogens with one attached hydrogen (secondary N) is 7. The number of ketones is 2. The molecule has 70 heavy (non-hydrogen) atoms. The summed E-state index contributed by atoms with van der Waals surface area (Å²) in [6.45, 7) is 0. The molecule has 0 aliphatic heterocycles. The van der Waals surface area contributed by atoms with Crippen molar-refractivity contribution in [2.24, 2.45) is 5.10 Å². The van der Waals surface area contributed by atoms with Gasteiger partial charge in [-0.2, -0.15) is 5.10 Å². The first-order valence-corrected chi connectivity index (χ1v) is 23.8. The third kappa shape index (κ3) is 14.3. The number of allylic oxidation sites excluding steroid dienone is 7. The Hall–Kier alpha value is -3.63. The normalized spacial score (nSPS) is 14.9. The molecule has 4 aromatic carbocycles. The number of benzene rings is 4. The third-order valence-electron chi connectivity index (χ3n) is 9.33. The summed E-state index contributed by atoms with van der Waals surface area (Å²) in [4.78, 5) is 35.3. The number of carbonyl (C=O) groups is 3. The molecule has 0 unspecified atom stereocenters. The molecule has 0 saturated heterocycles. The van der Waals surface area contributed by atoms with Crippen LogP contribution < -0.4 is 150 Å². The maximum atomic E-state index is 13.5. The second kappa shape index (κ2) is 23.9. The quantitative estimate of drug-likeness (QED) is 0.0371. The number of hydrogen-bond acceptors (Lipinski definition) is 21. The Morgan fingerprint density at radius 3 is 1.73 bits per heavy atom. The summed E-state index contributed by atoms with van der Waals surface area (Å²) < 4.78 is 145. The number of carbonyl (C=O) groups excluding carboxylic acids is 3. The van der Waals surface area contributed by atoms with E-state index in [0.717, 1.165) is 42.5 Å². The summed E-state index contributed by atoms with van der Waals surface area (Å²) >= 11 is 0. The van der Waals surface area contributed by atoms with Crippen molar-refractivity contribution >= 4 is 110 Å². The number of hydrogen-bond donors (Lipinski definition) is 7. The van der Waals surface area contributed by atoms with Crippen molar-refractivity contribution in [3.8, 4) is 0 Å². The molecule has 340 valence electrons. The average molecular weight is 1070 g/mol. The molecule has 0 heterocycles. The van der Waals surface area contributed by atoms with Gasteiger partial charge in [0.15, 0.2) is 5.78 Å². The van der Waals surface area contributed by atoms with Gasteiger partial charge in [0.2, 0.25) is 5.78 Å². The molecule has 3 aliphatic carbocycles. The predicted octanol–water partition coefficient (Wildman–Crippen LogP) is -8.85. The van der Waals surface area contributed by atoms with Gasteiger partial charge in [-0.25, -0.2) is 38.5 Å². The van der Waals surface area contributed by atoms with E-state index in [2.05, 4.69) is 37.3 Å². The summed E-state index contributed by atoms with van der Waals surface area (Å²) in [6.07, 6.45) is 4.66. The Labute approximate surface area is 487 Å². The molecular weight excluding hydrogens is 1040 g/mol. The van der Waals surface area contributed by atoms with Crippen molar-refractivity contribution in [2.75, 3.05) is 26.8 Å². The first kappa shape index (κ1) is 60.7. The molecule has 23 nitrogen and oxygen atoms in total. The largest absolute Gasteiger partial charge is 1.00 e. The van der Waals surface area contributed by atoms with E-state index < -0.39 is 94.8 Å². The molecule has 7 rings (SSSR count). The van der Waals surface area contributed by atoms with Crippen LogP contribution in [-0.2, 0) is 45.3 Å². The molecule has 2 amide bonds. The molecule has 4 aromatic rings. The van der Waals surface area contributed by atoms with Gasteiger partial charge in [-0.3, -0.25) is 31.3 Å². The zero-order valence-electron chi connectivity index (χ0n) is 36.7. The minimum Gasteiger partial charge on any atom is -0.744 e. The van der Waals surface area contributed by atoms with Gasteiger partial charge in [0, 0.05) is 34.4 Å². The monoisotopic (exact) mass is 1070 g/mol. The Morgan fingerprint density at radius 1 is 0.586 bits per heavy atom. The first-order chi connectivity index (χ1) is 30.9. The van der Waals surface area contributed by atoms with Crippen molar-refractivity contribution in [3.63, 3.8) is 0 Å². The fraction of sp³-hybridized carbons (Fsp3) is 0. The van der Waals surface area contributed by atoms with E-state index in [1.165, 1.54) is 24.3 Å². The second-order valence-electron chi connectivity index (χ2n) is 13.8. The minimum atomic E-state index is -5.44. The van der Waals surface area contributed by atoms with Crippen LogP contribution in [0, 0.1) is 5.41 Å². The molecule has 0 fully saturated rings. The number of fused-ring (bicyclic) bond motifs is 2. The van der Waals surface area contributed by atoms with Crippen molar-refractivity contribution in [2.45, 2.75) is 9.79 Å². The number of rotatable bonds is 13. The van der Waals surface area contributed by atoms with E-state index in [-0.39, 0.29) is 163 Å². The predicted molar refractivity (Wildman–Crippen MR) is 232 cm³/mol. The molecule has 3 aliphatic rings. The molecule has 0 radical (unpaired) electrons. The zero-order chi connectivity index (χ0) is 47.9. The summed E-state index contributed by atoms with van der Waals surface area (Å²) in [6, 6.07) is 17.2. The maximum absolute atomic E-state index is 13.5. The van der Waals surface area contributed by atoms with Crippen LogP contribution in [0.15, 0.2) is 151 Å². The van der Waals surface area contributed by atoms with Crippen LogP contribution in [0.1, 0.15) is 15.9 Å². The summed E-state index contributed by atoms with van der Waals surface area (Å²) in [7, 11) is -21.2. The summed E-state index contributed by atoms with van der Waals surface area (Å²) in [5.41, 5.74) is 4.28. The van der Waals surface area contributed by atoms with E-state index in [1.807, 2.05) is 0 Å². The third-order valence-corrected chi connectivity index (χ3v) is 12.8. The number of nitrogens with zero attached hydrogens (tertiary/aromatic N) is 1. The van der Waals surface area contributed by atoms with Gasteiger partial charge in [0.1, 0.15) is 46.2 Å². The van der Waals surface area contributed by atoms with Gasteiger partial charge >= 0.3 is 124 Å². The number of anilines is 6. The second-order valence-corrected chi connectivity index (χ2v) is 19.2. The Balaban J connectivity index is 0.00000324. The fourth-order valence-corrected chi connectivity index (χ4v) is 8.91. The molecule has 0 bridgehead atoms. The minimum absolute atomic E-state index is 0. The van der Waals surface area contributed by atoms with Gasteiger partial charge in [-0.05, 0) is 96.1 Å². The van der Waals surface area contributed by atoms with Crippen LogP contribution in [0.5, 0.6) is 0 Å². The van der Waals surface area contributed by atoms with Crippen molar-refractivity contribution in [3.05, 3.63) is 147 Å². The topological polar surface area (TPSA) is 388 Å². The number of hydrazine groups is 1. The number of urea groups is 1. The molecule has 0 atom stereocenters. The van der Waals surface area contributed by atoms with E-state index >= 15 is 0 Å². The zero-order valence-corrected chi connectivity index (χ0v) is 47.9. The molecule has 0 spiro atoms. The van der Waals surface area contributed by atoms with Crippen LogP contribution in [0.4, 0.5) is 38.9 Å². The van der Waals surface area contributed by atoms with Gasteiger partial charge in [0.05, 0.1) is 48.0 Å². The van der Waals surface area contributed by atoms with Crippen molar-refractivity contribution < 1.29 is 184 Å². The van der Waals surface area contributed by atoms with Gasteiger partial charge < -0.3 is 34.2 Å². The van der Waals surface area contributed by atoms with Crippen LogP contribution in [0.3, 0.4) is 0 Å². The van der Waals surface area contributed by atoms with E-state index in [4.69, 9.17) is 5.41 Å². The van der Waals surface area contributed by atoms with Crippen LogP contribution >= 0.6 is 0 Å². The molecular formula is C39H26N8Na4O15S4. The number of para-hydroxylation sites is 1. The van der Waals surface area contributed by atoms with Crippen LogP contribution in [-0.4, -0.2) is 80.9 Å². The molecule has 0 saturated carbocycles. The SMILES string of the molecule is N=C1C=CC2=CC(S(=O)(=O)[O-])=CC(=O)C2=C1NNc1ccc(NC(=O)Nc2ccc(N/N=C3\C(=O)c4ccc(Nc5ccccc5)cc4C=C3S(=O)(=O)[O-])c(S(=O)(=O)[O-])c2)cc1S(=O)(=O)[O-].[Na+].[Na+].[Na+].[Na+]. The Morgan fingerprint density at radius 2 is 1.16 bits per heavy atom. The molecule has 7 N–H and O–H groups in total. The van der Waals surface area contributed by atoms with Crippen LogP contribution in [0.25, 0.3) is 6.08 Å². The average Bonchev–Trinajstić information content (AvgIpc) is 3.22.